The number of morpholine rings is 1. The van der Waals surface area contributed by atoms with Gasteiger partial charge in [-0.25, -0.2) is 0 Å². The van der Waals surface area contributed by atoms with Gasteiger partial charge in [0, 0.05) is 35.6 Å². The lowest BCUT2D eigenvalue weighted by Gasteiger charge is -2.28. The van der Waals surface area contributed by atoms with Crippen LogP contribution in [0, 0.1) is 0 Å². The fraction of sp³-hybridized carbons (Fsp3) is 0.269. The maximum absolute atomic E-state index is 6.26. The summed E-state index contributed by atoms with van der Waals surface area (Å²) in [6.07, 6.45) is 1.83. The van der Waals surface area contributed by atoms with Crippen LogP contribution in [0.3, 0.4) is 0 Å². The number of rotatable bonds is 8. The van der Waals surface area contributed by atoms with Crippen molar-refractivity contribution in [2.24, 2.45) is 4.99 Å². The highest BCUT2D eigenvalue weighted by molar-refractivity contribution is 9.10. The Morgan fingerprint density at radius 1 is 1.06 bits per heavy atom. The molecule has 0 spiro atoms. The van der Waals surface area contributed by atoms with Crippen LogP contribution in [0.1, 0.15) is 18.1 Å². The summed E-state index contributed by atoms with van der Waals surface area (Å²) < 4.78 is 18.1. The summed E-state index contributed by atoms with van der Waals surface area (Å²) in [7, 11) is 0. The third-order valence-electron chi connectivity index (χ3n) is 5.25. The summed E-state index contributed by atoms with van der Waals surface area (Å²) in [6, 6.07) is 19.8. The average molecular weight is 530 g/mol. The zero-order valence-electron chi connectivity index (χ0n) is 18.5. The van der Waals surface area contributed by atoms with Crippen molar-refractivity contribution in [3.8, 4) is 11.5 Å². The summed E-state index contributed by atoms with van der Waals surface area (Å²) in [4.78, 5) is 6.96. The van der Waals surface area contributed by atoms with E-state index in [1.807, 2.05) is 61.7 Å². The molecule has 7 heteroatoms. The molecule has 1 aliphatic rings. The van der Waals surface area contributed by atoms with E-state index in [0.717, 1.165) is 47.6 Å². The topological polar surface area (TPSA) is 43.3 Å². The van der Waals surface area contributed by atoms with Gasteiger partial charge in [-0.15, -0.1) is 0 Å². The van der Waals surface area contributed by atoms with Crippen LogP contribution >= 0.6 is 27.5 Å². The summed E-state index contributed by atoms with van der Waals surface area (Å²) in [5, 5.41) is 0.676. The largest absolute Gasteiger partial charge is 0.490 e. The van der Waals surface area contributed by atoms with Crippen molar-refractivity contribution in [2.45, 2.75) is 13.5 Å². The molecule has 3 aromatic carbocycles. The number of hydrogen-bond donors (Lipinski definition) is 0. The maximum atomic E-state index is 6.26. The van der Waals surface area contributed by atoms with Crippen molar-refractivity contribution in [1.82, 2.24) is 0 Å². The fourth-order valence-corrected chi connectivity index (χ4v) is 4.32. The van der Waals surface area contributed by atoms with Gasteiger partial charge < -0.3 is 19.1 Å². The summed E-state index contributed by atoms with van der Waals surface area (Å²) in [6.45, 7) is 6.20. The van der Waals surface area contributed by atoms with Crippen LogP contribution in [-0.2, 0) is 11.3 Å². The second-order valence-corrected chi connectivity index (χ2v) is 8.78. The highest BCUT2D eigenvalue weighted by Gasteiger charge is 2.13. The second-order valence-electron chi connectivity index (χ2n) is 7.52. The Morgan fingerprint density at radius 3 is 2.55 bits per heavy atom. The highest BCUT2D eigenvalue weighted by atomic mass is 79.9. The van der Waals surface area contributed by atoms with Gasteiger partial charge in [0.2, 0.25) is 0 Å². The average Bonchev–Trinajstić information content (AvgIpc) is 2.84. The van der Waals surface area contributed by atoms with Gasteiger partial charge in [0.05, 0.1) is 30.0 Å². The van der Waals surface area contributed by atoms with Gasteiger partial charge in [-0.2, -0.15) is 0 Å². The molecule has 0 N–H and O–H groups in total. The first-order valence-corrected chi connectivity index (χ1v) is 12.1. The molecule has 0 radical (unpaired) electrons. The number of nitrogens with zero attached hydrogens (tertiary/aromatic N) is 2. The van der Waals surface area contributed by atoms with Crippen molar-refractivity contribution < 1.29 is 14.2 Å². The standard InChI is InChI=1S/C26H26BrClN2O3/c1-2-32-25-16-19(15-23(27)26(25)33-18-20-5-3-4-6-24(20)28)17-29-21-7-9-22(10-8-21)30-11-13-31-14-12-30/h3-10,15-17H,2,11-14,18H2,1H3. The van der Waals surface area contributed by atoms with Crippen LogP contribution in [0.15, 0.2) is 70.1 Å². The van der Waals surface area contributed by atoms with Crippen molar-refractivity contribution in [3.05, 3.63) is 81.3 Å². The van der Waals surface area contributed by atoms with Crippen molar-refractivity contribution >= 4 is 45.1 Å². The molecule has 4 rings (SSSR count). The number of aliphatic imine (C=N–C) groups is 1. The van der Waals surface area contributed by atoms with Gasteiger partial charge in [0.15, 0.2) is 11.5 Å². The van der Waals surface area contributed by atoms with Crippen LogP contribution in [0.5, 0.6) is 11.5 Å². The Balaban J connectivity index is 1.48. The van der Waals surface area contributed by atoms with Gasteiger partial charge in [0.1, 0.15) is 6.61 Å². The number of hydrogen-bond acceptors (Lipinski definition) is 5. The van der Waals surface area contributed by atoms with Gasteiger partial charge in [0.25, 0.3) is 0 Å². The molecule has 33 heavy (non-hydrogen) atoms. The normalized spacial score (nSPS) is 14.0. The molecule has 172 valence electrons. The van der Waals surface area contributed by atoms with Gasteiger partial charge in [-0.05, 0) is 70.9 Å². The molecular weight excluding hydrogens is 504 g/mol. The number of ether oxygens (including phenoxy) is 3. The van der Waals surface area contributed by atoms with Crippen molar-refractivity contribution in [1.29, 1.82) is 0 Å². The molecule has 5 nitrogen and oxygen atoms in total. The van der Waals surface area contributed by atoms with E-state index in [1.165, 1.54) is 5.69 Å². The number of benzene rings is 3. The highest BCUT2D eigenvalue weighted by Crippen LogP contribution is 2.37. The lowest BCUT2D eigenvalue weighted by atomic mass is 10.2. The summed E-state index contributed by atoms with van der Waals surface area (Å²) in [5.74, 6) is 1.30. The lowest BCUT2D eigenvalue weighted by Crippen LogP contribution is -2.36. The van der Waals surface area contributed by atoms with Gasteiger partial charge in [-0.3, -0.25) is 4.99 Å². The molecule has 0 atom stereocenters. The molecule has 1 fully saturated rings. The zero-order chi connectivity index (χ0) is 23.0. The minimum Gasteiger partial charge on any atom is -0.490 e. The predicted molar refractivity (Wildman–Crippen MR) is 138 cm³/mol. The molecule has 0 aliphatic carbocycles. The molecule has 1 aliphatic heterocycles. The van der Waals surface area contributed by atoms with E-state index in [1.54, 1.807) is 0 Å². The SMILES string of the molecule is CCOc1cc(C=Nc2ccc(N3CCOCC3)cc2)cc(Br)c1OCc1ccccc1Cl. The zero-order valence-corrected chi connectivity index (χ0v) is 20.8. The first-order chi connectivity index (χ1) is 16.1. The fourth-order valence-electron chi connectivity index (χ4n) is 3.55. The maximum Gasteiger partial charge on any atom is 0.175 e. The van der Waals surface area contributed by atoms with Crippen LogP contribution in [0.25, 0.3) is 0 Å². The smallest absolute Gasteiger partial charge is 0.175 e. The van der Waals surface area contributed by atoms with Crippen LogP contribution < -0.4 is 14.4 Å². The minimum atomic E-state index is 0.348. The Morgan fingerprint density at radius 2 is 1.82 bits per heavy atom. The third-order valence-corrected chi connectivity index (χ3v) is 6.21. The Bertz CT molecular complexity index is 1100. The first kappa shape index (κ1) is 23.6. The quantitative estimate of drug-likeness (QED) is 0.306. The summed E-state index contributed by atoms with van der Waals surface area (Å²) in [5.41, 5.74) is 3.91. The van der Waals surface area contributed by atoms with Crippen LogP contribution in [0.4, 0.5) is 11.4 Å². The second kappa shape index (κ2) is 11.5. The molecule has 0 amide bonds. The van der Waals surface area contributed by atoms with Crippen LogP contribution in [-0.4, -0.2) is 39.1 Å². The van der Waals surface area contributed by atoms with Crippen molar-refractivity contribution in [2.75, 3.05) is 37.8 Å². The molecular formula is C26H26BrClN2O3. The van der Waals surface area contributed by atoms with E-state index in [-0.39, 0.29) is 0 Å². The molecule has 0 bridgehead atoms. The summed E-state index contributed by atoms with van der Waals surface area (Å²) >= 11 is 9.89. The Kier molecular flexibility index (Phi) is 8.26. The van der Waals surface area contributed by atoms with E-state index >= 15 is 0 Å². The lowest BCUT2D eigenvalue weighted by molar-refractivity contribution is 0.122. The Labute approximate surface area is 208 Å². The molecule has 1 saturated heterocycles. The van der Waals surface area contributed by atoms with Gasteiger partial charge >= 0.3 is 0 Å². The third kappa shape index (κ3) is 6.28. The molecule has 3 aromatic rings. The van der Waals surface area contributed by atoms with Crippen LogP contribution in [0.2, 0.25) is 5.02 Å². The molecule has 0 unspecified atom stereocenters. The Hall–Kier alpha value is -2.54. The number of halogens is 2. The van der Waals surface area contributed by atoms with E-state index in [4.69, 9.17) is 25.8 Å². The monoisotopic (exact) mass is 528 g/mol. The van der Waals surface area contributed by atoms with E-state index in [0.29, 0.717) is 29.7 Å². The first-order valence-electron chi connectivity index (χ1n) is 10.9. The molecule has 1 heterocycles. The van der Waals surface area contributed by atoms with E-state index in [9.17, 15) is 0 Å². The van der Waals surface area contributed by atoms with Crippen molar-refractivity contribution in [3.63, 3.8) is 0 Å². The van der Waals surface area contributed by atoms with Gasteiger partial charge in [-0.1, -0.05) is 29.8 Å². The minimum absolute atomic E-state index is 0.348. The van der Waals surface area contributed by atoms with E-state index < -0.39 is 0 Å². The molecule has 0 saturated carbocycles. The van der Waals surface area contributed by atoms with E-state index in [2.05, 4.69) is 38.0 Å². The number of anilines is 1. The molecule has 0 aromatic heterocycles. The predicted octanol–water partition coefficient (Wildman–Crippen LogP) is 6.67.